The van der Waals surface area contributed by atoms with E-state index in [0.29, 0.717) is 11.3 Å². The smallest absolute Gasteiger partial charge is 0.0848 e. The number of benzene rings is 3. The normalized spacial score (nSPS) is 18.8. The lowest BCUT2D eigenvalue weighted by Crippen LogP contribution is -2.35. The molecule has 2 bridgehead atoms. The third kappa shape index (κ3) is 5.01. The molecule has 5 rings (SSSR count). The van der Waals surface area contributed by atoms with Gasteiger partial charge in [-0.25, -0.2) is 0 Å². The summed E-state index contributed by atoms with van der Waals surface area (Å²) in [6.45, 7) is 14.6. The molecule has 0 saturated heterocycles. The van der Waals surface area contributed by atoms with Crippen LogP contribution in [0.4, 0.5) is 11.4 Å². The van der Waals surface area contributed by atoms with Crippen molar-refractivity contribution < 1.29 is 0 Å². The topological polar surface area (TPSA) is 3.24 Å². The Bertz CT molecular complexity index is 1310. The molecule has 0 saturated carbocycles. The first-order chi connectivity index (χ1) is 17.6. The molecular formula is C34H37NS. The Kier molecular flexibility index (Phi) is 8.38. The Morgan fingerprint density at radius 3 is 2.39 bits per heavy atom. The van der Waals surface area contributed by atoms with Crippen LogP contribution < -0.4 is 4.90 Å². The summed E-state index contributed by atoms with van der Waals surface area (Å²) >= 11 is 1.92. The molecule has 0 fully saturated rings. The van der Waals surface area contributed by atoms with Crippen molar-refractivity contribution in [1.82, 2.24) is 0 Å². The molecule has 0 spiro atoms. The van der Waals surface area contributed by atoms with Crippen LogP contribution in [0.1, 0.15) is 74.8 Å². The standard InChI is InChI=1S/C32H31NS.C2H6/c1-5-10-26-13-15-29(19-24(26)6-2)33-31-20-27(23(4)22(3)25-11-8-7-9-12-25)14-16-30(31)28-17-18-34-32(33)21-28;1-2/h5-20,28,32H,2,21H2,1,3-4H3;1-2H3/b10-5-,23-22-;. The molecule has 0 aromatic heterocycles. The first-order valence-electron chi connectivity index (χ1n) is 13.0. The minimum absolute atomic E-state index is 0.391. The Morgan fingerprint density at radius 2 is 1.67 bits per heavy atom. The van der Waals surface area contributed by atoms with Gasteiger partial charge in [0.25, 0.3) is 0 Å². The van der Waals surface area contributed by atoms with Crippen molar-refractivity contribution in [1.29, 1.82) is 0 Å². The highest BCUT2D eigenvalue weighted by Gasteiger charge is 2.35. The minimum atomic E-state index is 0.391. The van der Waals surface area contributed by atoms with Crippen molar-refractivity contribution in [3.63, 3.8) is 0 Å². The van der Waals surface area contributed by atoms with Crippen LogP contribution in [0.25, 0.3) is 23.3 Å². The van der Waals surface area contributed by atoms with Gasteiger partial charge < -0.3 is 4.90 Å². The van der Waals surface area contributed by atoms with Crippen molar-refractivity contribution in [2.24, 2.45) is 0 Å². The summed E-state index contributed by atoms with van der Waals surface area (Å²) in [5, 5.41) is 2.68. The second-order valence-corrected chi connectivity index (χ2v) is 10.1. The van der Waals surface area contributed by atoms with Gasteiger partial charge in [-0.1, -0.05) is 93.3 Å². The van der Waals surface area contributed by atoms with Gasteiger partial charge in [0.05, 0.1) is 5.37 Å². The molecule has 0 radical (unpaired) electrons. The van der Waals surface area contributed by atoms with Crippen molar-refractivity contribution in [3.8, 4) is 0 Å². The first kappa shape index (κ1) is 25.9. The van der Waals surface area contributed by atoms with Crippen LogP contribution in [-0.4, -0.2) is 5.37 Å². The molecule has 2 heterocycles. The molecule has 184 valence electrons. The fourth-order valence-corrected chi connectivity index (χ4v) is 6.22. The SMILES string of the molecule is C=Cc1cc(N2c3cc(/C(C)=C(/C)c4ccccc4)ccc3C3C=CSC2C3)ccc1/C=C\C.CC. The van der Waals surface area contributed by atoms with Gasteiger partial charge in [-0.05, 0) is 89.8 Å². The van der Waals surface area contributed by atoms with Crippen LogP contribution in [0.15, 0.2) is 90.9 Å². The van der Waals surface area contributed by atoms with Crippen LogP contribution in [0.3, 0.4) is 0 Å². The van der Waals surface area contributed by atoms with Crippen LogP contribution in [0, 0.1) is 0 Å². The Labute approximate surface area is 222 Å². The zero-order valence-corrected chi connectivity index (χ0v) is 23.0. The van der Waals surface area contributed by atoms with E-state index in [4.69, 9.17) is 0 Å². The lowest BCUT2D eigenvalue weighted by molar-refractivity contribution is 0.659. The molecular weight excluding hydrogens is 454 g/mol. The summed E-state index contributed by atoms with van der Waals surface area (Å²) in [4.78, 5) is 2.54. The highest BCUT2D eigenvalue weighted by Crippen LogP contribution is 2.50. The summed E-state index contributed by atoms with van der Waals surface area (Å²) in [6.07, 6.45) is 9.70. The van der Waals surface area contributed by atoms with Crippen LogP contribution >= 0.6 is 11.8 Å². The van der Waals surface area contributed by atoms with E-state index < -0.39 is 0 Å². The monoisotopic (exact) mass is 491 g/mol. The third-order valence-electron chi connectivity index (χ3n) is 7.10. The fraction of sp³-hybridized carbons (Fsp3) is 0.235. The third-order valence-corrected chi connectivity index (χ3v) is 8.13. The van der Waals surface area contributed by atoms with E-state index in [-0.39, 0.29) is 0 Å². The molecule has 2 atom stereocenters. The second-order valence-electron chi connectivity index (χ2n) is 9.04. The molecule has 2 aliphatic rings. The van der Waals surface area contributed by atoms with Crippen LogP contribution in [0.2, 0.25) is 0 Å². The van der Waals surface area contributed by atoms with Crippen molar-refractivity contribution in [2.45, 2.75) is 52.3 Å². The predicted molar refractivity (Wildman–Crippen MR) is 164 cm³/mol. The van der Waals surface area contributed by atoms with E-state index in [1.807, 2.05) is 31.7 Å². The quantitative estimate of drug-likeness (QED) is 0.326. The maximum absolute atomic E-state index is 4.08. The zero-order valence-electron chi connectivity index (χ0n) is 22.2. The van der Waals surface area contributed by atoms with E-state index in [0.717, 1.165) is 6.42 Å². The number of rotatable bonds is 5. The van der Waals surface area contributed by atoms with Crippen molar-refractivity contribution in [2.75, 3.05) is 4.90 Å². The number of thioether (sulfide) groups is 1. The summed E-state index contributed by atoms with van der Waals surface area (Å²) < 4.78 is 0. The van der Waals surface area contributed by atoms with Crippen LogP contribution in [-0.2, 0) is 0 Å². The Morgan fingerprint density at radius 1 is 0.917 bits per heavy atom. The number of hydrogen-bond acceptors (Lipinski definition) is 2. The van der Waals surface area contributed by atoms with Gasteiger partial charge in [0.15, 0.2) is 0 Å². The summed E-state index contributed by atoms with van der Waals surface area (Å²) in [5.74, 6) is 0.479. The summed E-state index contributed by atoms with van der Waals surface area (Å²) in [6, 6.07) is 24.5. The minimum Gasteiger partial charge on any atom is -0.328 e. The average Bonchev–Trinajstić information content (AvgIpc) is 2.94. The molecule has 1 nitrogen and oxygen atoms in total. The lowest BCUT2D eigenvalue weighted by atomic mass is 9.86. The highest BCUT2D eigenvalue weighted by molar-refractivity contribution is 8.02. The van der Waals surface area contributed by atoms with E-state index >= 15 is 0 Å². The Hall–Kier alpha value is -3.23. The molecule has 0 amide bonds. The van der Waals surface area contributed by atoms with E-state index in [1.165, 1.54) is 50.3 Å². The van der Waals surface area contributed by atoms with E-state index in [2.05, 4.69) is 123 Å². The van der Waals surface area contributed by atoms with Crippen molar-refractivity contribution in [3.05, 3.63) is 119 Å². The maximum atomic E-state index is 4.08. The molecule has 2 heteroatoms. The van der Waals surface area contributed by atoms with Gasteiger partial charge >= 0.3 is 0 Å². The number of hydrogen-bond donors (Lipinski definition) is 0. The molecule has 0 N–H and O–H groups in total. The molecule has 3 aromatic carbocycles. The Balaban J connectivity index is 0.00000148. The summed E-state index contributed by atoms with van der Waals surface area (Å²) in [7, 11) is 0. The van der Waals surface area contributed by atoms with Gasteiger partial charge in [-0.2, -0.15) is 0 Å². The van der Waals surface area contributed by atoms with E-state index in [1.54, 1.807) is 0 Å². The highest BCUT2D eigenvalue weighted by atomic mass is 32.2. The molecule has 0 aliphatic carbocycles. The number of fused-ring (bicyclic) bond motifs is 4. The van der Waals surface area contributed by atoms with Gasteiger partial charge in [0, 0.05) is 17.3 Å². The lowest BCUT2D eigenvalue weighted by Gasteiger charge is -2.43. The van der Waals surface area contributed by atoms with E-state index in [9.17, 15) is 0 Å². The summed E-state index contributed by atoms with van der Waals surface area (Å²) in [5.41, 5.74) is 11.6. The van der Waals surface area contributed by atoms with Crippen molar-refractivity contribution >= 4 is 46.4 Å². The number of nitrogens with zero attached hydrogens (tertiary/aromatic N) is 1. The van der Waals surface area contributed by atoms with Crippen LogP contribution in [0.5, 0.6) is 0 Å². The predicted octanol–water partition coefficient (Wildman–Crippen LogP) is 10.6. The molecule has 2 unspecified atom stereocenters. The largest absolute Gasteiger partial charge is 0.328 e. The van der Waals surface area contributed by atoms with Gasteiger partial charge in [0.2, 0.25) is 0 Å². The second kappa shape index (κ2) is 11.7. The number of allylic oxidation sites excluding steroid dienone is 4. The molecule has 3 aromatic rings. The first-order valence-corrected chi connectivity index (χ1v) is 13.9. The zero-order chi connectivity index (χ0) is 25.7. The van der Waals surface area contributed by atoms with Gasteiger partial charge in [-0.3, -0.25) is 0 Å². The fourth-order valence-electron chi connectivity index (χ4n) is 5.08. The number of anilines is 2. The molecule has 2 aliphatic heterocycles. The molecule has 36 heavy (non-hydrogen) atoms. The maximum Gasteiger partial charge on any atom is 0.0848 e. The van der Waals surface area contributed by atoms with Gasteiger partial charge in [0.1, 0.15) is 0 Å². The average molecular weight is 492 g/mol. The van der Waals surface area contributed by atoms with Gasteiger partial charge in [-0.15, -0.1) is 11.8 Å².